The average molecular weight is 288 g/mol. The molecular weight excluding hydrogens is 276 g/mol. The molecule has 2 aromatic carbocycles. The van der Waals surface area contributed by atoms with Gasteiger partial charge >= 0.3 is 10.2 Å². The summed E-state index contributed by atoms with van der Waals surface area (Å²) in [7, 11) is -4.06. The maximum absolute atomic E-state index is 11.8. The lowest BCUT2D eigenvalue weighted by Crippen LogP contribution is -2.38. The predicted molar refractivity (Wildman–Crippen MR) is 76.2 cm³/mol. The van der Waals surface area contributed by atoms with Gasteiger partial charge in [0.15, 0.2) is 0 Å². The highest BCUT2D eigenvalue weighted by molar-refractivity contribution is 7.91. The quantitative estimate of drug-likeness (QED) is 0.908. The monoisotopic (exact) mass is 288 g/mol. The molecule has 0 aliphatic carbocycles. The number of fused-ring (bicyclic) bond motifs is 1. The van der Waals surface area contributed by atoms with Crippen LogP contribution in [0.4, 0.5) is 5.69 Å². The molecule has 0 saturated heterocycles. The van der Waals surface area contributed by atoms with Gasteiger partial charge in [0.05, 0.1) is 12.1 Å². The van der Waals surface area contributed by atoms with E-state index in [1.807, 2.05) is 36.4 Å². The summed E-state index contributed by atoms with van der Waals surface area (Å²) in [5.41, 5.74) is 2.97. The third-order valence-electron chi connectivity index (χ3n) is 3.23. The Morgan fingerprint density at radius 2 is 1.70 bits per heavy atom. The number of carbonyl (C=O) groups is 1. The maximum atomic E-state index is 11.8. The molecule has 0 spiro atoms. The van der Waals surface area contributed by atoms with E-state index in [-0.39, 0.29) is 6.42 Å². The SMILES string of the molecule is NS(=O)(=O)N1C(=O)Cc2cc(-c3ccccc3)ccc21. The molecular formula is C14H12N2O3S. The Bertz CT molecular complexity index is 785. The topological polar surface area (TPSA) is 80.5 Å². The molecule has 102 valence electrons. The molecule has 1 aliphatic heterocycles. The maximum Gasteiger partial charge on any atom is 0.305 e. The first-order valence-corrected chi connectivity index (χ1v) is 7.51. The first-order valence-electron chi connectivity index (χ1n) is 6.01. The van der Waals surface area contributed by atoms with Gasteiger partial charge in [-0.1, -0.05) is 36.4 Å². The molecule has 1 aliphatic rings. The molecule has 20 heavy (non-hydrogen) atoms. The number of rotatable bonds is 2. The zero-order chi connectivity index (χ0) is 14.3. The van der Waals surface area contributed by atoms with E-state index < -0.39 is 16.1 Å². The molecule has 6 heteroatoms. The molecule has 2 N–H and O–H groups in total. The van der Waals surface area contributed by atoms with Crippen LogP contribution in [0.1, 0.15) is 5.56 Å². The fourth-order valence-electron chi connectivity index (χ4n) is 2.38. The van der Waals surface area contributed by atoms with E-state index in [1.165, 1.54) is 0 Å². The smallest absolute Gasteiger partial charge is 0.273 e. The van der Waals surface area contributed by atoms with Crippen molar-refractivity contribution in [3.63, 3.8) is 0 Å². The lowest BCUT2D eigenvalue weighted by molar-refractivity contribution is -0.116. The molecule has 3 rings (SSSR count). The molecule has 0 unspecified atom stereocenters. The largest absolute Gasteiger partial charge is 0.305 e. The van der Waals surface area contributed by atoms with Gasteiger partial charge in [-0.25, -0.2) is 5.14 Å². The van der Waals surface area contributed by atoms with Gasteiger partial charge in [0.25, 0.3) is 0 Å². The van der Waals surface area contributed by atoms with E-state index >= 15 is 0 Å². The van der Waals surface area contributed by atoms with Crippen molar-refractivity contribution in [2.45, 2.75) is 6.42 Å². The first kappa shape index (κ1) is 12.8. The number of hydrogen-bond donors (Lipinski definition) is 1. The normalized spacial score (nSPS) is 14.4. The zero-order valence-corrected chi connectivity index (χ0v) is 11.3. The summed E-state index contributed by atoms with van der Waals surface area (Å²) in [5, 5.41) is 5.07. The highest BCUT2D eigenvalue weighted by Gasteiger charge is 2.34. The van der Waals surface area contributed by atoms with Crippen molar-refractivity contribution in [3.8, 4) is 11.1 Å². The second kappa shape index (κ2) is 4.43. The molecule has 2 aromatic rings. The number of amides is 1. The van der Waals surface area contributed by atoms with E-state index in [4.69, 9.17) is 5.14 Å². The van der Waals surface area contributed by atoms with Crippen LogP contribution in [0.3, 0.4) is 0 Å². The summed E-state index contributed by atoms with van der Waals surface area (Å²) in [5.74, 6) is -0.521. The fourth-order valence-corrected chi connectivity index (χ4v) is 3.18. The Hall–Kier alpha value is -2.18. The van der Waals surface area contributed by atoms with Gasteiger partial charge in [-0.15, -0.1) is 0 Å². The molecule has 0 aromatic heterocycles. The summed E-state index contributed by atoms with van der Waals surface area (Å²) in [6, 6.07) is 14.9. The highest BCUT2D eigenvalue weighted by Crippen LogP contribution is 2.33. The van der Waals surface area contributed by atoms with Gasteiger partial charge in [-0.05, 0) is 28.8 Å². The van der Waals surface area contributed by atoms with Crippen molar-refractivity contribution < 1.29 is 13.2 Å². The predicted octanol–water partition coefficient (Wildman–Crippen LogP) is 1.45. The van der Waals surface area contributed by atoms with Gasteiger partial charge < -0.3 is 0 Å². The Kier molecular flexibility index (Phi) is 2.84. The molecule has 0 atom stereocenters. The van der Waals surface area contributed by atoms with Crippen LogP contribution in [0.5, 0.6) is 0 Å². The van der Waals surface area contributed by atoms with E-state index in [2.05, 4.69) is 0 Å². The van der Waals surface area contributed by atoms with E-state index in [1.54, 1.807) is 12.1 Å². The zero-order valence-electron chi connectivity index (χ0n) is 10.5. The van der Waals surface area contributed by atoms with Crippen molar-refractivity contribution in [3.05, 3.63) is 54.1 Å². The third-order valence-corrected chi connectivity index (χ3v) is 4.14. The van der Waals surface area contributed by atoms with Crippen LogP contribution >= 0.6 is 0 Å². The molecule has 0 fully saturated rings. The number of carbonyl (C=O) groups excluding carboxylic acids is 1. The standard InChI is InChI=1S/C14H12N2O3S/c15-20(18,19)16-13-7-6-11(8-12(13)9-14(16)17)10-4-2-1-3-5-10/h1-8H,9H2,(H2,15,18,19). The van der Waals surface area contributed by atoms with E-state index in [0.717, 1.165) is 11.1 Å². The summed E-state index contributed by atoms with van der Waals surface area (Å²) in [6.07, 6.45) is 0.0481. The third kappa shape index (κ3) is 2.09. The molecule has 5 nitrogen and oxygen atoms in total. The minimum Gasteiger partial charge on any atom is -0.273 e. The number of nitrogens with zero attached hydrogens (tertiary/aromatic N) is 1. The van der Waals surface area contributed by atoms with E-state index in [0.29, 0.717) is 15.6 Å². The summed E-state index contributed by atoms with van der Waals surface area (Å²) < 4.78 is 23.6. The number of nitrogens with two attached hydrogens (primary N) is 1. The lowest BCUT2D eigenvalue weighted by Gasteiger charge is -2.14. The second-order valence-corrected chi connectivity index (χ2v) is 5.98. The molecule has 1 amide bonds. The Morgan fingerprint density at radius 3 is 2.35 bits per heavy atom. The van der Waals surface area contributed by atoms with Crippen LogP contribution < -0.4 is 9.44 Å². The summed E-state index contributed by atoms with van der Waals surface area (Å²) in [6.45, 7) is 0. The van der Waals surface area contributed by atoms with E-state index in [9.17, 15) is 13.2 Å². The minimum atomic E-state index is -4.06. The van der Waals surface area contributed by atoms with Crippen LogP contribution in [0.15, 0.2) is 48.5 Å². The van der Waals surface area contributed by atoms with Crippen LogP contribution in [-0.2, 0) is 21.4 Å². The van der Waals surface area contributed by atoms with Crippen molar-refractivity contribution >= 4 is 21.8 Å². The van der Waals surface area contributed by atoms with Gasteiger partial charge in [0, 0.05) is 0 Å². The van der Waals surface area contributed by atoms with Gasteiger partial charge in [0.1, 0.15) is 0 Å². The fraction of sp³-hybridized carbons (Fsp3) is 0.0714. The first-order chi connectivity index (χ1) is 9.47. The molecule has 0 saturated carbocycles. The van der Waals surface area contributed by atoms with Gasteiger partial charge in [0.2, 0.25) is 5.91 Å². The highest BCUT2D eigenvalue weighted by atomic mass is 32.2. The number of hydrogen-bond acceptors (Lipinski definition) is 3. The molecule has 1 heterocycles. The number of benzene rings is 2. The van der Waals surface area contributed by atoms with Gasteiger partial charge in [-0.2, -0.15) is 12.7 Å². The Labute approximate surface area is 116 Å². The van der Waals surface area contributed by atoms with Crippen molar-refractivity contribution in [1.29, 1.82) is 0 Å². The van der Waals surface area contributed by atoms with Crippen molar-refractivity contribution in [1.82, 2.24) is 0 Å². The average Bonchev–Trinajstić information content (AvgIpc) is 2.74. The summed E-state index contributed by atoms with van der Waals surface area (Å²) in [4.78, 5) is 11.8. The molecule has 0 bridgehead atoms. The van der Waals surface area contributed by atoms with Crippen molar-refractivity contribution in [2.24, 2.45) is 5.14 Å². The van der Waals surface area contributed by atoms with Crippen LogP contribution in [0.25, 0.3) is 11.1 Å². The Morgan fingerprint density at radius 1 is 1.00 bits per heavy atom. The van der Waals surface area contributed by atoms with Crippen LogP contribution in [-0.4, -0.2) is 14.3 Å². The van der Waals surface area contributed by atoms with Gasteiger partial charge in [-0.3, -0.25) is 4.79 Å². The lowest BCUT2D eigenvalue weighted by atomic mass is 10.0. The summed E-state index contributed by atoms with van der Waals surface area (Å²) >= 11 is 0. The Balaban J connectivity index is 2.09. The van der Waals surface area contributed by atoms with Crippen LogP contribution in [0.2, 0.25) is 0 Å². The molecule has 0 radical (unpaired) electrons. The number of anilines is 1. The van der Waals surface area contributed by atoms with Crippen LogP contribution in [0, 0.1) is 0 Å². The minimum absolute atomic E-state index is 0.0481. The second-order valence-electron chi connectivity index (χ2n) is 4.59. The van der Waals surface area contributed by atoms with Crippen molar-refractivity contribution in [2.75, 3.05) is 4.31 Å².